The van der Waals surface area contributed by atoms with Crippen LogP contribution in [0.2, 0.25) is 0 Å². The number of alkyl halides is 3. The van der Waals surface area contributed by atoms with Crippen LogP contribution in [0.4, 0.5) is 19.0 Å². The number of hydrogen-bond acceptors (Lipinski definition) is 2. The minimum absolute atomic E-state index is 0.263. The lowest BCUT2D eigenvalue weighted by Crippen LogP contribution is -2.11. The molecule has 0 saturated carbocycles. The van der Waals surface area contributed by atoms with Crippen molar-refractivity contribution < 1.29 is 13.2 Å². The summed E-state index contributed by atoms with van der Waals surface area (Å²) in [7, 11) is 0. The standard InChI is InChI=1S/C10H13F3N2/c1-7(2)6-15-9-5-8(3-4-14-9)10(11,12)13/h3-5,7H,6H2,1-2H3,(H,14,15). The second-order valence-electron chi connectivity index (χ2n) is 3.70. The van der Waals surface area contributed by atoms with Crippen molar-refractivity contribution in [2.75, 3.05) is 11.9 Å². The van der Waals surface area contributed by atoms with Gasteiger partial charge in [0.05, 0.1) is 5.56 Å². The smallest absolute Gasteiger partial charge is 0.370 e. The fourth-order valence-corrected chi connectivity index (χ4v) is 1.01. The third-order valence-electron chi connectivity index (χ3n) is 1.78. The van der Waals surface area contributed by atoms with E-state index in [1.165, 1.54) is 0 Å². The molecule has 0 aliphatic heterocycles. The number of anilines is 1. The number of aromatic nitrogens is 1. The average molecular weight is 218 g/mol. The third-order valence-corrected chi connectivity index (χ3v) is 1.78. The van der Waals surface area contributed by atoms with Crippen LogP contribution in [-0.2, 0) is 6.18 Å². The molecule has 0 radical (unpaired) electrons. The number of nitrogens with one attached hydrogen (secondary N) is 1. The van der Waals surface area contributed by atoms with Crippen LogP contribution in [0.3, 0.4) is 0 Å². The highest BCUT2D eigenvalue weighted by molar-refractivity contribution is 5.38. The highest BCUT2D eigenvalue weighted by atomic mass is 19.4. The molecule has 15 heavy (non-hydrogen) atoms. The number of nitrogens with zero attached hydrogens (tertiary/aromatic N) is 1. The monoisotopic (exact) mass is 218 g/mol. The van der Waals surface area contributed by atoms with Crippen LogP contribution in [0.1, 0.15) is 19.4 Å². The SMILES string of the molecule is CC(C)CNc1cc(C(F)(F)F)ccn1. The van der Waals surface area contributed by atoms with Crippen molar-refractivity contribution in [3.05, 3.63) is 23.9 Å². The molecule has 84 valence electrons. The Morgan fingerprint density at radius 3 is 2.60 bits per heavy atom. The first-order chi connectivity index (χ1) is 6.89. The summed E-state index contributed by atoms with van der Waals surface area (Å²) in [6, 6.07) is 1.98. The van der Waals surface area contributed by atoms with E-state index >= 15 is 0 Å². The Kier molecular flexibility index (Phi) is 3.55. The zero-order chi connectivity index (χ0) is 11.5. The maximum atomic E-state index is 12.3. The molecule has 0 aliphatic rings. The largest absolute Gasteiger partial charge is 0.416 e. The van der Waals surface area contributed by atoms with Gasteiger partial charge in [-0.15, -0.1) is 0 Å². The van der Waals surface area contributed by atoms with Gasteiger partial charge in [-0.1, -0.05) is 13.8 Å². The number of halogens is 3. The molecule has 1 aromatic rings. The Bertz CT molecular complexity index is 321. The van der Waals surface area contributed by atoms with E-state index in [2.05, 4.69) is 10.3 Å². The summed E-state index contributed by atoms with van der Waals surface area (Å²) in [4.78, 5) is 3.81. The van der Waals surface area contributed by atoms with Gasteiger partial charge < -0.3 is 5.32 Å². The molecule has 0 atom stereocenters. The summed E-state index contributed by atoms with van der Waals surface area (Å²) in [6.45, 7) is 4.55. The molecular weight excluding hydrogens is 205 g/mol. The normalized spacial score (nSPS) is 11.9. The number of rotatable bonds is 3. The molecule has 0 amide bonds. The molecule has 1 rings (SSSR count). The van der Waals surface area contributed by atoms with Gasteiger partial charge in [0.15, 0.2) is 0 Å². The van der Waals surface area contributed by atoms with Crippen LogP contribution in [0.5, 0.6) is 0 Å². The van der Waals surface area contributed by atoms with E-state index < -0.39 is 11.7 Å². The molecule has 2 nitrogen and oxygen atoms in total. The van der Waals surface area contributed by atoms with Crippen molar-refractivity contribution >= 4 is 5.82 Å². The van der Waals surface area contributed by atoms with Crippen LogP contribution >= 0.6 is 0 Å². The number of pyridine rings is 1. The first-order valence-corrected chi connectivity index (χ1v) is 4.66. The summed E-state index contributed by atoms with van der Waals surface area (Å²) in [6.07, 6.45) is -3.15. The summed E-state index contributed by atoms with van der Waals surface area (Å²) in [5.74, 6) is 0.625. The molecule has 1 heterocycles. The third kappa shape index (κ3) is 3.77. The molecule has 1 aromatic heterocycles. The van der Waals surface area contributed by atoms with E-state index in [-0.39, 0.29) is 5.82 Å². The van der Waals surface area contributed by atoms with Gasteiger partial charge in [-0.2, -0.15) is 13.2 Å². The minimum Gasteiger partial charge on any atom is -0.370 e. The van der Waals surface area contributed by atoms with Gasteiger partial charge >= 0.3 is 6.18 Å². The molecule has 0 saturated heterocycles. The van der Waals surface area contributed by atoms with Gasteiger partial charge in [0.1, 0.15) is 5.82 Å². The maximum absolute atomic E-state index is 12.3. The van der Waals surface area contributed by atoms with E-state index in [9.17, 15) is 13.2 Å². The topological polar surface area (TPSA) is 24.9 Å². The fourth-order valence-electron chi connectivity index (χ4n) is 1.01. The lowest BCUT2D eigenvalue weighted by molar-refractivity contribution is -0.137. The second-order valence-corrected chi connectivity index (χ2v) is 3.70. The molecule has 5 heteroatoms. The minimum atomic E-state index is -4.31. The molecule has 0 bridgehead atoms. The van der Waals surface area contributed by atoms with E-state index in [1.807, 2.05) is 13.8 Å². The van der Waals surface area contributed by atoms with Crippen LogP contribution < -0.4 is 5.32 Å². The highest BCUT2D eigenvalue weighted by Crippen LogP contribution is 2.29. The lowest BCUT2D eigenvalue weighted by Gasteiger charge is -2.10. The first-order valence-electron chi connectivity index (χ1n) is 4.66. The van der Waals surface area contributed by atoms with E-state index in [4.69, 9.17) is 0 Å². The van der Waals surface area contributed by atoms with Gasteiger partial charge in [-0.3, -0.25) is 0 Å². The van der Waals surface area contributed by atoms with Gasteiger partial charge in [-0.25, -0.2) is 4.98 Å². The van der Waals surface area contributed by atoms with Gasteiger partial charge in [0, 0.05) is 12.7 Å². The Labute approximate surface area is 86.5 Å². The van der Waals surface area contributed by atoms with Crippen molar-refractivity contribution in [1.29, 1.82) is 0 Å². The fraction of sp³-hybridized carbons (Fsp3) is 0.500. The highest BCUT2D eigenvalue weighted by Gasteiger charge is 2.30. The molecule has 0 spiro atoms. The predicted molar refractivity (Wildman–Crippen MR) is 52.6 cm³/mol. The van der Waals surface area contributed by atoms with Crippen LogP contribution in [0.25, 0.3) is 0 Å². The average Bonchev–Trinajstić information content (AvgIpc) is 2.14. The van der Waals surface area contributed by atoms with E-state index in [1.54, 1.807) is 0 Å². The van der Waals surface area contributed by atoms with Gasteiger partial charge in [-0.05, 0) is 18.1 Å². The van der Waals surface area contributed by atoms with Crippen molar-refractivity contribution in [3.8, 4) is 0 Å². The van der Waals surface area contributed by atoms with Crippen molar-refractivity contribution in [3.63, 3.8) is 0 Å². The van der Waals surface area contributed by atoms with Crippen LogP contribution in [0, 0.1) is 5.92 Å². The van der Waals surface area contributed by atoms with E-state index in [0.717, 1.165) is 18.3 Å². The summed E-state index contributed by atoms with van der Waals surface area (Å²) in [5, 5.41) is 2.85. The quantitative estimate of drug-likeness (QED) is 0.842. The summed E-state index contributed by atoms with van der Waals surface area (Å²) < 4.78 is 36.9. The Morgan fingerprint density at radius 2 is 2.07 bits per heavy atom. The molecule has 0 aromatic carbocycles. The van der Waals surface area contributed by atoms with Crippen molar-refractivity contribution in [2.24, 2.45) is 5.92 Å². The second kappa shape index (κ2) is 4.51. The van der Waals surface area contributed by atoms with E-state index in [0.29, 0.717) is 12.5 Å². The van der Waals surface area contributed by atoms with Crippen molar-refractivity contribution in [2.45, 2.75) is 20.0 Å². The zero-order valence-electron chi connectivity index (χ0n) is 8.60. The summed E-state index contributed by atoms with van der Waals surface area (Å²) >= 11 is 0. The van der Waals surface area contributed by atoms with Crippen LogP contribution in [0.15, 0.2) is 18.3 Å². The van der Waals surface area contributed by atoms with Crippen molar-refractivity contribution in [1.82, 2.24) is 4.98 Å². The zero-order valence-corrected chi connectivity index (χ0v) is 8.60. The Balaban J connectivity index is 2.75. The Hall–Kier alpha value is -1.26. The summed E-state index contributed by atoms with van der Waals surface area (Å²) in [5.41, 5.74) is -0.677. The number of hydrogen-bond donors (Lipinski definition) is 1. The molecular formula is C10H13F3N2. The van der Waals surface area contributed by atoms with Gasteiger partial charge in [0.25, 0.3) is 0 Å². The van der Waals surface area contributed by atoms with Gasteiger partial charge in [0.2, 0.25) is 0 Å². The first kappa shape index (κ1) is 11.8. The molecule has 0 unspecified atom stereocenters. The molecule has 1 N–H and O–H groups in total. The lowest BCUT2D eigenvalue weighted by atomic mass is 10.2. The predicted octanol–water partition coefficient (Wildman–Crippen LogP) is 3.17. The Morgan fingerprint density at radius 1 is 1.40 bits per heavy atom. The maximum Gasteiger partial charge on any atom is 0.416 e. The van der Waals surface area contributed by atoms with Crippen LogP contribution in [-0.4, -0.2) is 11.5 Å². The molecule has 0 aliphatic carbocycles. The molecule has 0 fully saturated rings.